The van der Waals surface area contributed by atoms with E-state index >= 15 is 0 Å². The summed E-state index contributed by atoms with van der Waals surface area (Å²) in [4.78, 5) is 2.42. The maximum atomic E-state index is 2.42. The van der Waals surface area contributed by atoms with Gasteiger partial charge in [0.25, 0.3) is 0 Å². The van der Waals surface area contributed by atoms with Gasteiger partial charge in [-0.1, -0.05) is 18.2 Å². The van der Waals surface area contributed by atoms with Crippen molar-refractivity contribution in [2.45, 2.75) is 39.8 Å². The Kier molecular flexibility index (Phi) is 3.49. The van der Waals surface area contributed by atoms with Crippen LogP contribution < -0.4 is 4.90 Å². The second-order valence-corrected chi connectivity index (χ2v) is 3.93. The van der Waals surface area contributed by atoms with E-state index < -0.39 is 0 Å². The second kappa shape index (κ2) is 4.43. The average Bonchev–Trinajstić information content (AvgIpc) is 2.04. The van der Waals surface area contributed by atoms with Gasteiger partial charge in [-0.2, -0.15) is 0 Å². The molecule has 0 fully saturated rings. The summed E-state index contributed by atoms with van der Waals surface area (Å²) in [6.07, 6.45) is 0. The summed E-state index contributed by atoms with van der Waals surface area (Å²) in [7, 11) is 0. The monoisotopic (exact) mass is 177 g/mol. The van der Waals surface area contributed by atoms with Gasteiger partial charge in [0.2, 0.25) is 0 Å². The zero-order valence-corrected chi connectivity index (χ0v) is 8.99. The Bertz CT molecular complexity index is 231. The van der Waals surface area contributed by atoms with E-state index in [4.69, 9.17) is 0 Å². The van der Waals surface area contributed by atoms with E-state index in [-0.39, 0.29) is 0 Å². The minimum atomic E-state index is 0.558. The van der Waals surface area contributed by atoms with E-state index in [0.717, 1.165) is 0 Å². The molecule has 13 heavy (non-hydrogen) atoms. The van der Waals surface area contributed by atoms with E-state index in [1.54, 1.807) is 0 Å². The molecule has 0 saturated heterocycles. The minimum Gasteiger partial charge on any atom is -0.130 e. The summed E-state index contributed by atoms with van der Waals surface area (Å²) >= 11 is 0. The lowest BCUT2D eigenvalue weighted by Gasteiger charge is -2.18. The van der Waals surface area contributed by atoms with Gasteiger partial charge in [-0.3, -0.25) is 0 Å². The van der Waals surface area contributed by atoms with E-state index in [2.05, 4.69) is 62.9 Å². The maximum absolute atomic E-state index is 2.42. The Balaban J connectivity index is 2.89. The third-order valence-electron chi connectivity index (χ3n) is 2.17. The van der Waals surface area contributed by atoms with Crippen molar-refractivity contribution in [3.63, 3.8) is 0 Å². The van der Waals surface area contributed by atoms with Crippen LogP contribution in [0.4, 0.5) is 5.69 Å². The fourth-order valence-corrected chi connectivity index (χ4v) is 1.79. The Morgan fingerprint density at radius 1 is 0.846 bits per heavy atom. The maximum Gasteiger partial charge on any atom is 0.181 e. The van der Waals surface area contributed by atoms with Crippen molar-refractivity contribution in [1.82, 2.24) is 4.90 Å². The molecule has 0 saturated carbocycles. The molecule has 0 heterocycles. The predicted molar refractivity (Wildman–Crippen MR) is 58.5 cm³/mol. The van der Waals surface area contributed by atoms with Crippen molar-refractivity contribution in [3.05, 3.63) is 30.3 Å². The highest BCUT2D eigenvalue weighted by atomic mass is 15.2. The molecule has 0 aromatic heterocycles. The Morgan fingerprint density at radius 2 is 1.31 bits per heavy atom. The van der Waals surface area contributed by atoms with Gasteiger partial charge >= 0.3 is 0 Å². The molecule has 1 heteroatoms. The number of para-hydroxylation sites is 1. The molecule has 0 aliphatic heterocycles. The molecule has 1 rings (SSSR count). The van der Waals surface area contributed by atoms with Crippen molar-refractivity contribution < 1.29 is 0 Å². The molecule has 0 atom stereocenters. The molecule has 71 valence electrons. The highest BCUT2D eigenvalue weighted by molar-refractivity contribution is 5.39. The third kappa shape index (κ3) is 2.56. The highest BCUT2D eigenvalue weighted by Gasteiger charge is 2.25. The van der Waals surface area contributed by atoms with Gasteiger partial charge < -0.3 is 0 Å². The van der Waals surface area contributed by atoms with Crippen LogP contribution in [0.3, 0.4) is 0 Å². The van der Waals surface area contributed by atoms with Gasteiger partial charge in [0.15, 0.2) is 5.69 Å². The number of hydrogen-bond acceptors (Lipinski definition) is 1. The van der Waals surface area contributed by atoms with Crippen LogP contribution >= 0.6 is 0 Å². The zero-order chi connectivity index (χ0) is 9.84. The largest absolute Gasteiger partial charge is 0.181 e. The summed E-state index contributed by atoms with van der Waals surface area (Å²) in [5.74, 6) is 0. The average molecular weight is 177 g/mol. The summed E-state index contributed by atoms with van der Waals surface area (Å²) < 4.78 is 0. The number of hydrogen-bond donors (Lipinski definition) is 0. The molecule has 0 amide bonds. The van der Waals surface area contributed by atoms with Gasteiger partial charge in [-0.05, 0) is 27.7 Å². The molecule has 0 N–H and O–H groups in total. The second-order valence-electron chi connectivity index (χ2n) is 3.93. The van der Waals surface area contributed by atoms with Gasteiger partial charge in [0, 0.05) is 12.1 Å². The van der Waals surface area contributed by atoms with Crippen LogP contribution in [0.15, 0.2) is 30.3 Å². The Hall–Kier alpha value is -0.820. The number of anilines is 1. The lowest BCUT2D eigenvalue weighted by Crippen LogP contribution is -2.38. The molecule has 1 aromatic carbocycles. The first-order valence-corrected chi connectivity index (χ1v) is 4.96. The topological polar surface area (TPSA) is 5.90 Å². The SMILES string of the molecule is CC(C)[N+](c1ccccc1)C(C)C. The van der Waals surface area contributed by atoms with Crippen molar-refractivity contribution in [2.24, 2.45) is 0 Å². The number of rotatable bonds is 3. The first kappa shape index (κ1) is 10.3. The fraction of sp³-hybridized carbons (Fsp3) is 0.500. The molecule has 0 unspecified atom stereocenters. The van der Waals surface area contributed by atoms with Crippen LogP contribution in [-0.4, -0.2) is 12.1 Å². The van der Waals surface area contributed by atoms with Crippen molar-refractivity contribution in [3.8, 4) is 0 Å². The third-order valence-corrected chi connectivity index (χ3v) is 2.17. The van der Waals surface area contributed by atoms with Crippen molar-refractivity contribution >= 4 is 5.69 Å². The van der Waals surface area contributed by atoms with Crippen LogP contribution in [0.1, 0.15) is 27.7 Å². The first-order valence-electron chi connectivity index (χ1n) is 4.96. The summed E-state index contributed by atoms with van der Waals surface area (Å²) in [5.41, 5.74) is 1.31. The molecule has 0 bridgehead atoms. The Morgan fingerprint density at radius 3 is 1.69 bits per heavy atom. The lowest BCUT2D eigenvalue weighted by molar-refractivity contribution is 0.390. The summed E-state index contributed by atoms with van der Waals surface area (Å²) in [5, 5.41) is 0. The first-order chi connectivity index (χ1) is 6.13. The van der Waals surface area contributed by atoms with E-state index in [0.29, 0.717) is 12.1 Å². The Labute approximate surface area is 81.4 Å². The molecular weight excluding hydrogens is 158 g/mol. The normalized spacial score (nSPS) is 11.6. The highest BCUT2D eigenvalue weighted by Crippen LogP contribution is 2.18. The standard InChI is InChI=1S/C12H19N/c1-10(2)13(11(3)4)12-8-6-5-7-9-12/h5-11H,1-4H3/q+1. The lowest BCUT2D eigenvalue weighted by atomic mass is 10.2. The number of nitrogens with zero attached hydrogens (tertiary/aromatic N) is 1. The fourth-order valence-electron chi connectivity index (χ4n) is 1.79. The van der Waals surface area contributed by atoms with Crippen LogP contribution in [0, 0.1) is 0 Å². The molecule has 1 nitrogen and oxygen atoms in total. The van der Waals surface area contributed by atoms with Crippen LogP contribution in [0.2, 0.25) is 0 Å². The summed E-state index contributed by atoms with van der Waals surface area (Å²) in [6, 6.07) is 11.7. The predicted octanol–water partition coefficient (Wildman–Crippen LogP) is 3.28. The van der Waals surface area contributed by atoms with Crippen LogP contribution in [0.25, 0.3) is 0 Å². The van der Waals surface area contributed by atoms with Gasteiger partial charge in [-0.25, -0.2) is 0 Å². The van der Waals surface area contributed by atoms with Crippen LogP contribution in [-0.2, 0) is 0 Å². The molecule has 1 radical (unpaired) electrons. The van der Waals surface area contributed by atoms with Crippen molar-refractivity contribution in [1.29, 1.82) is 0 Å². The van der Waals surface area contributed by atoms with E-state index in [1.165, 1.54) is 5.69 Å². The van der Waals surface area contributed by atoms with Gasteiger partial charge in [-0.15, -0.1) is 4.90 Å². The molecule has 0 aliphatic carbocycles. The smallest absolute Gasteiger partial charge is 0.130 e. The molecule has 0 spiro atoms. The molecular formula is C12H19N+. The number of benzene rings is 1. The quantitative estimate of drug-likeness (QED) is 0.625. The van der Waals surface area contributed by atoms with E-state index in [1.807, 2.05) is 0 Å². The van der Waals surface area contributed by atoms with Gasteiger partial charge in [0.1, 0.15) is 12.1 Å². The van der Waals surface area contributed by atoms with Gasteiger partial charge in [0.05, 0.1) is 0 Å². The minimum absolute atomic E-state index is 0.558. The summed E-state index contributed by atoms with van der Waals surface area (Å²) in [6.45, 7) is 8.92. The van der Waals surface area contributed by atoms with Crippen molar-refractivity contribution in [2.75, 3.05) is 0 Å². The molecule has 0 aliphatic rings. The van der Waals surface area contributed by atoms with Crippen LogP contribution in [0.5, 0.6) is 0 Å². The van der Waals surface area contributed by atoms with E-state index in [9.17, 15) is 0 Å². The zero-order valence-electron chi connectivity index (χ0n) is 8.99. The molecule has 1 aromatic rings.